The van der Waals surface area contributed by atoms with Gasteiger partial charge in [-0.25, -0.2) is 9.79 Å². The van der Waals surface area contributed by atoms with E-state index in [2.05, 4.69) is 27.6 Å². The molecule has 38 heavy (non-hydrogen) atoms. The van der Waals surface area contributed by atoms with Crippen molar-refractivity contribution < 1.29 is 23.9 Å². The van der Waals surface area contributed by atoms with Crippen LogP contribution in [-0.4, -0.2) is 36.3 Å². The van der Waals surface area contributed by atoms with Crippen LogP contribution in [-0.2, 0) is 9.53 Å². The summed E-state index contributed by atoms with van der Waals surface area (Å²) in [6, 6.07) is 7.35. The Morgan fingerprint density at radius 3 is 2.61 bits per heavy atom. The Hall–Kier alpha value is -3.52. The predicted molar refractivity (Wildman–Crippen MR) is 150 cm³/mol. The molecule has 4 rings (SSSR count). The van der Waals surface area contributed by atoms with Crippen LogP contribution in [0.15, 0.2) is 51.4 Å². The van der Waals surface area contributed by atoms with Gasteiger partial charge in [0.2, 0.25) is 0 Å². The normalized spacial score (nSPS) is 15.1. The Kier molecular flexibility index (Phi) is 8.02. The summed E-state index contributed by atoms with van der Waals surface area (Å²) < 4.78 is 18.7. The number of fused-ring (bicyclic) bond motifs is 1. The van der Waals surface area contributed by atoms with Gasteiger partial charge in [-0.15, -0.1) is 0 Å². The van der Waals surface area contributed by atoms with E-state index in [1.54, 1.807) is 52.2 Å². The van der Waals surface area contributed by atoms with E-state index >= 15 is 0 Å². The SMILES string of the molecule is CCOC(=O)C1=C(C)N=c2s/c(=C/c3cc(I)c(OC)c(OC)c3)c(=O)n2[C@H]1c1ccc(C)c([N+](=O)[O-])c1. The zero-order valence-corrected chi connectivity index (χ0v) is 24.2. The monoisotopic (exact) mass is 649 g/mol. The van der Waals surface area contributed by atoms with Crippen molar-refractivity contribution in [1.82, 2.24) is 4.57 Å². The van der Waals surface area contributed by atoms with Gasteiger partial charge in [0.15, 0.2) is 16.3 Å². The minimum absolute atomic E-state index is 0.109. The molecule has 198 valence electrons. The Morgan fingerprint density at radius 2 is 1.97 bits per heavy atom. The number of carbonyl (C=O) groups is 1. The van der Waals surface area contributed by atoms with Crippen LogP contribution in [0.25, 0.3) is 6.08 Å². The van der Waals surface area contributed by atoms with E-state index in [0.29, 0.717) is 43.2 Å². The van der Waals surface area contributed by atoms with Crippen LogP contribution in [0.5, 0.6) is 11.5 Å². The Morgan fingerprint density at radius 1 is 1.24 bits per heavy atom. The maximum Gasteiger partial charge on any atom is 0.338 e. The number of ether oxygens (including phenoxy) is 3. The highest BCUT2D eigenvalue weighted by molar-refractivity contribution is 14.1. The van der Waals surface area contributed by atoms with Crippen molar-refractivity contribution in [2.24, 2.45) is 4.99 Å². The van der Waals surface area contributed by atoms with E-state index in [1.165, 1.54) is 17.7 Å². The third-order valence-electron chi connectivity index (χ3n) is 6.02. The van der Waals surface area contributed by atoms with Crippen LogP contribution < -0.4 is 24.4 Å². The first-order valence-corrected chi connectivity index (χ1v) is 13.4. The summed E-state index contributed by atoms with van der Waals surface area (Å²) in [6.07, 6.45) is 1.71. The zero-order chi connectivity index (χ0) is 27.7. The molecule has 0 unspecified atom stereocenters. The first-order valence-electron chi connectivity index (χ1n) is 11.5. The average Bonchev–Trinajstić information content (AvgIpc) is 3.17. The Labute approximate surface area is 235 Å². The molecule has 0 amide bonds. The maximum atomic E-state index is 13.8. The summed E-state index contributed by atoms with van der Waals surface area (Å²) in [7, 11) is 3.09. The molecule has 0 bridgehead atoms. The lowest BCUT2D eigenvalue weighted by molar-refractivity contribution is -0.385. The van der Waals surface area contributed by atoms with Gasteiger partial charge >= 0.3 is 5.97 Å². The molecule has 2 heterocycles. The van der Waals surface area contributed by atoms with Crippen LogP contribution in [0.2, 0.25) is 0 Å². The molecule has 2 aromatic carbocycles. The molecular formula is C26H24IN3O7S. The lowest BCUT2D eigenvalue weighted by Crippen LogP contribution is -2.40. The molecule has 1 aliphatic rings. The summed E-state index contributed by atoms with van der Waals surface area (Å²) in [4.78, 5) is 42.9. The molecule has 0 saturated heterocycles. The molecule has 1 atom stereocenters. The molecule has 0 fully saturated rings. The lowest BCUT2D eigenvalue weighted by Gasteiger charge is -2.24. The number of esters is 1. The van der Waals surface area contributed by atoms with E-state index in [1.807, 2.05) is 6.07 Å². The van der Waals surface area contributed by atoms with Gasteiger partial charge in [-0.1, -0.05) is 23.5 Å². The lowest BCUT2D eigenvalue weighted by atomic mass is 9.94. The summed E-state index contributed by atoms with van der Waals surface area (Å²) >= 11 is 3.29. The summed E-state index contributed by atoms with van der Waals surface area (Å²) in [5.74, 6) is 0.469. The fourth-order valence-electron chi connectivity index (χ4n) is 4.27. The molecule has 1 aromatic heterocycles. The third kappa shape index (κ3) is 4.97. The number of nitro benzene ring substituents is 1. The maximum absolute atomic E-state index is 13.8. The number of halogens is 1. The van der Waals surface area contributed by atoms with Crippen molar-refractivity contribution in [2.45, 2.75) is 26.8 Å². The summed E-state index contributed by atoms with van der Waals surface area (Å²) in [6.45, 7) is 5.10. The number of methoxy groups -OCH3 is 2. The molecule has 3 aromatic rings. The molecule has 0 spiro atoms. The number of aryl methyl sites for hydroxylation is 1. The van der Waals surface area contributed by atoms with E-state index < -0.39 is 16.9 Å². The number of carbonyl (C=O) groups excluding carboxylic acids is 1. The van der Waals surface area contributed by atoms with Crippen molar-refractivity contribution in [1.29, 1.82) is 0 Å². The standard InChI is InChI=1S/C26H24IN3O7S/c1-6-37-25(32)21-14(3)28-26-29(22(21)16-8-7-13(2)18(12-16)30(33)34)24(31)20(38-26)11-15-9-17(27)23(36-5)19(10-15)35-4/h7-12,22H,6H2,1-5H3/b20-11+/t22-/m0/s1. The number of nitrogens with zero attached hydrogens (tertiary/aromatic N) is 3. The number of allylic oxidation sites excluding steroid dienone is 1. The van der Waals surface area contributed by atoms with Crippen LogP contribution in [0.3, 0.4) is 0 Å². The summed E-state index contributed by atoms with van der Waals surface area (Å²) in [5.41, 5.74) is 1.62. The molecular weight excluding hydrogens is 625 g/mol. The van der Waals surface area contributed by atoms with Gasteiger partial charge in [0.05, 0.1) is 51.2 Å². The van der Waals surface area contributed by atoms with Gasteiger partial charge in [0.1, 0.15) is 0 Å². The fraction of sp³-hybridized carbons (Fsp3) is 0.269. The number of hydrogen-bond acceptors (Lipinski definition) is 9. The van der Waals surface area contributed by atoms with Gasteiger partial charge in [0.25, 0.3) is 11.2 Å². The van der Waals surface area contributed by atoms with Crippen molar-refractivity contribution >= 4 is 51.7 Å². The van der Waals surface area contributed by atoms with Crippen LogP contribution in [0.4, 0.5) is 5.69 Å². The van der Waals surface area contributed by atoms with Crippen LogP contribution in [0, 0.1) is 20.6 Å². The van der Waals surface area contributed by atoms with Gasteiger partial charge in [-0.3, -0.25) is 19.5 Å². The smallest absolute Gasteiger partial charge is 0.338 e. The predicted octanol–water partition coefficient (Wildman–Crippen LogP) is 3.64. The summed E-state index contributed by atoms with van der Waals surface area (Å²) in [5, 5.41) is 11.7. The zero-order valence-electron chi connectivity index (χ0n) is 21.2. The minimum atomic E-state index is -0.947. The van der Waals surface area contributed by atoms with E-state index in [-0.39, 0.29) is 23.4 Å². The molecule has 0 aliphatic carbocycles. The number of nitro groups is 1. The van der Waals surface area contributed by atoms with Gasteiger partial charge < -0.3 is 14.2 Å². The second-order valence-corrected chi connectivity index (χ2v) is 10.5. The number of rotatable bonds is 7. The van der Waals surface area contributed by atoms with Gasteiger partial charge in [-0.05, 0) is 72.7 Å². The average molecular weight is 649 g/mol. The highest BCUT2D eigenvalue weighted by atomic mass is 127. The quantitative estimate of drug-likeness (QED) is 0.166. The number of aromatic nitrogens is 1. The largest absolute Gasteiger partial charge is 0.493 e. The second-order valence-electron chi connectivity index (χ2n) is 8.34. The highest BCUT2D eigenvalue weighted by Gasteiger charge is 2.34. The van der Waals surface area contributed by atoms with Crippen molar-refractivity contribution in [3.63, 3.8) is 0 Å². The highest BCUT2D eigenvalue weighted by Crippen LogP contribution is 2.35. The van der Waals surface area contributed by atoms with Crippen molar-refractivity contribution in [3.8, 4) is 11.5 Å². The Bertz CT molecular complexity index is 1670. The fourth-order valence-corrected chi connectivity index (χ4v) is 6.16. The van der Waals surface area contributed by atoms with Crippen molar-refractivity contribution in [3.05, 3.63) is 91.7 Å². The number of benzene rings is 2. The number of hydrogen-bond donors (Lipinski definition) is 0. The molecule has 12 heteroatoms. The number of thiazole rings is 1. The molecule has 1 aliphatic heterocycles. The molecule has 0 radical (unpaired) electrons. The molecule has 0 N–H and O–H groups in total. The van der Waals surface area contributed by atoms with Crippen LogP contribution >= 0.6 is 33.9 Å². The topological polar surface area (TPSA) is 122 Å². The second kappa shape index (κ2) is 11.1. The van der Waals surface area contributed by atoms with E-state index in [0.717, 1.165) is 14.9 Å². The van der Waals surface area contributed by atoms with E-state index in [4.69, 9.17) is 14.2 Å². The third-order valence-corrected chi connectivity index (χ3v) is 7.80. The van der Waals surface area contributed by atoms with Crippen LogP contribution in [0.1, 0.15) is 36.6 Å². The first kappa shape index (κ1) is 27.5. The minimum Gasteiger partial charge on any atom is -0.493 e. The van der Waals surface area contributed by atoms with Gasteiger partial charge in [-0.2, -0.15) is 0 Å². The van der Waals surface area contributed by atoms with Crippen molar-refractivity contribution in [2.75, 3.05) is 20.8 Å². The molecule has 10 nitrogen and oxygen atoms in total. The molecule has 0 saturated carbocycles. The van der Waals surface area contributed by atoms with E-state index in [9.17, 15) is 19.7 Å². The first-order chi connectivity index (χ1) is 18.1. The Balaban J connectivity index is 1.98. The van der Waals surface area contributed by atoms with Gasteiger partial charge in [0, 0.05) is 11.6 Å².